The maximum atomic E-state index is 12.0. The van der Waals surface area contributed by atoms with Crippen LogP contribution in [0.3, 0.4) is 0 Å². The summed E-state index contributed by atoms with van der Waals surface area (Å²) in [7, 11) is 0. The fourth-order valence-electron chi connectivity index (χ4n) is 2.16. The van der Waals surface area contributed by atoms with Gasteiger partial charge in [0.05, 0.1) is 5.92 Å². The Morgan fingerprint density at radius 1 is 1.21 bits per heavy atom. The number of Topliss-reactive ketones (excluding diaryl/α,β-unsaturated/α-hetero) is 1. The van der Waals surface area contributed by atoms with E-state index in [9.17, 15) is 9.59 Å². The minimum atomic E-state index is -0.513. The zero-order chi connectivity index (χ0) is 14.3. The van der Waals surface area contributed by atoms with Gasteiger partial charge in [0.25, 0.3) is 0 Å². The second-order valence-electron chi connectivity index (χ2n) is 5.00. The molecule has 0 aromatic heterocycles. The van der Waals surface area contributed by atoms with Crippen molar-refractivity contribution >= 4 is 11.7 Å². The van der Waals surface area contributed by atoms with Crippen molar-refractivity contribution in [2.24, 2.45) is 11.8 Å². The Kier molecular flexibility index (Phi) is 6.26. The standard InChI is InChI=1S/C16H23NO2/c1-4-12(2)15(13(3)18)16(19)17-11-10-14-8-6-5-7-9-14/h5-9,12,15H,4,10-11H2,1-3H3,(H,17,19). The molecule has 0 bridgehead atoms. The molecule has 0 aliphatic heterocycles. The van der Waals surface area contributed by atoms with Gasteiger partial charge in [-0.05, 0) is 24.8 Å². The molecule has 2 unspecified atom stereocenters. The Balaban J connectivity index is 2.47. The van der Waals surface area contributed by atoms with Crippen molar-refractivity contribution in [3.05, 3.63) is 35.9 Å². The molecule has 0 spiro atoms. The molecule has 0 saturated carbocycles. The minimum Gasteiger partial charge on any atom is -0.355 e. The Morgan fingerprint density at radius 3 is 2.37 bits per heavy atom. The topological polar surface area (TPSA) is 46.2 Å². The van der Waals surface area contributed by atoms with Gasteiger partial charge in [-0.3, -0.25) is 9.59 Å². The van der Waals surface area contributed by atoms with Gasteiger partial charge in [0.2, 0.25) is 5.91 Å². The van der Waals surface area contributed by atoms with Crippen molar-refractivity contribution in [3.8, 4) is 0 Å². The van der Waals surface area contributed by atoms with Crippen LogP contribution < -0.4 is 5.32 Å². The number of benzene rings is 1. The molecule has 19 heavy (non-hydrogen) atoms. The molecule has 0 fully saturated rings. The average molecular weight is 261 g/mol. The molecular weight excluding hydrogens is 238 g/mol. The number of carbonyl (C=O) groups is 2. The molecule has 1 rings (SSSR count). The molecular formula is C16H23NO2. The van der Waals surface area contributed by atoms with Crippen LogP contribution >= 0.6 is 0 Å². The number of hydrogen-bond acceptors (Lipinski definition) is 2. The van der Waals surface area contributed by atoms with Crippen LogP contribution in [0.5, 0.6) is 0 Å². The number of carbonyl (C=O) groups excluding carboxylic acids is 2. The SMILES string of the molecule is CCC(C)C(C(C)=O)C(=O)NCCc1ccccc1. The normalized spacial score (nSPS) is 13.6. The lowest BCUT2D eigenvalue weighted by Gasteiger charge is -2.19. The molecule has 0 radical (unpaired) electrons. The average Bonchev–Trinajstić information content (AvgIpc) is 2.39. The largest absolute Gasteiger partial charge is 0.355 e. The van der Waals surface area contributed by atoms with Gasteiger partial charge >= 0.3 is 0 Å². The van der Waals surface area contributed by atoms with E-state index in [1.807, 2.05) is 44.2 Å². The lowest BCUT2D eigenvalue weighted by molar-refractivity contribution is -0.135. The summed E-state index contributed by atoms with van der Waals surface area (Å²) in [4.78, 5) is 23.6. The summed E-state index contributed by atoms with van der Waals surface area (Å²) in [6.45, 7) is 6.01. The Hall–Kier alpha value is -1.64. The van der Waals surface area contributed by atoms with Crippen LogP contribution in [0.25, 0.3) is 0 Å². The molecule has 1 N–H and O–H groups in total. The van der Waals surface area contributed by atoms with E-state index >= 15 is 0 Å². The molecule has 104 valence electrons. The van der Waals surface area contributed by atoms with E-state index < -0.39 is 5.92 Å². The van der Waals surface area contributed by atoms with Gasteiger partial charge in [-0.15, -0.1) is 0 Å². The molecule has 3 heteroatoms. The molecule has 1 amide bonds. The smallest absolute Gasteiger partial charge is 0.230 e. The van der Waals surface area contributed by atoms with E-state index in [0.717, 1.165) is 12.8 Å². The van der Waals surface area contributed by atoms with Crippen LogP contribution in [0.1, 0.15) is 32.8 Å². The number of rotatable bonds is 7. The summed E-state index contributed by atoms with van der Waals surface area (Å²) in [5.41, 5.74) is 1.19. The summed E-state index contributed by atoms with van der Waals surface area (Å²) < 4.78 is 0. The fourth-order valence-corrected chi connectivity index (χ4v) is 2.16. The summed E-state index contributed by atoms with van der Waals surface area (Å²) in [5, 5.41) is 2.87. The predicted molar refractivity (Wildman–Crippen MR) is 76.8 cm³/mol. The first-order valence-corrected chi connectivity index (χ1v) is 6.88. The van der Waals surface area contributed by atoms with E-state index in [2.05, 4.69) is 5.32 Å². The molecule has 0 aliphatic carbocycles. The first-order valence-electron chi connectivity index (χ1n) is 6.88. The first kappa shape index (κ1) is 15.4. The summed E-state index contributed by atoms with van der Waals surface area (Å²) in [6.07, 6.45) is 1.62. The lowest BCUT2D eigenvalue weighted by Crippen LogP contribution is -2.39. The maximum absolute atomic E-state index is 12.0. The highest BCUT2D eigenvalue weighted by atomic mass is 16.2. The van der Waals surface area contributed by atoms with Crippen molar-refractivity contribution in [1.29, 1.82) is 0 Å². The Labute approximate surface area is 115 Å². The first-order chi connectivity index (χ1) is 9.06. The molecule has 2 atom stereocenters. The van der Waals surface area contributed by atoms with E-state index in [1.165, 1.54) is 12.5 Å². The van der Waals surface area contributed by atoms with Crippen LogP contribution in [0.4, 0.5) is 0 Å². The van der Waals surface area contributed by atoms with Crippen LogP contribution in [0, 0.1) is 11.8 Å². The monoisotopic (exact) mass is 261 g/mol. The van der Waals surface area contributed by atoms with E-state index in [4.69, 9.17) is 0 Å². The number of ketones is 1. The Bertz CT molecular complexity index is 414. The number of amides is 1. The van der Waals surface area contributed by atoms with Gasteiger partial charge in [0.15, 0.2) is 0 Å². The second-order valence-corrected chi connectivity index (χ2v) is 5.00. The third kappa shape index (κ3) is 4.86. The van der Waals surface area contributed by atoms with Crippen LogP contribution in [-0.4, -0.2) is 18.2 Å². The zero-order valence-electron chi connectivity index (χ0n) is 12.0. The van der Waals surface area contributed by atoms with E-state index in [0.29, 0.717) is 6.54 Å². The zero-order valence-corrected chi connectivity index (χ0v) is 12.0. The third-order valence-corrected chi connectivity index (χ3v) is 3.49. The van der Waals surface area contributed by atoms with Gasteiger partial charge in [0.1, 0.15) is 5.78 Å². The molecule has 3 nitrogen and oxygen atoms in total. The summed E-state index contributed by atoms with van der Waals surface area (Å²) in [6, 6.07) is 9.99. The van der Waals surface area contributed by atoms with Crippen molar-refractivity contribution in [1.82, 2.24) is 5.32 Å². The maximum Gasteiger partial charge on any atom is 0.230 e. The highest BCUT2D eigenvalue weighted by Crippen LogP contribution is 2.16. The molecule has 1 aromatic carbocycles. The quantitative estimate of drug-likeness (QED) is 0.767. The van der Waals surface area contributed by atoms with Gasteiger partial charge < -0.3 is 5.32 Å². The van der Waals surface area contributed by atoms with Crippen LogP contribution in [-0.2, 0) is 16.0 Å². The number of nitrogens with one attached hydrogen (secondary N) is 1. The summed E-state index contributed by atoms with van der Waals surface area (Å²) in [5.74, 6) is -0.612. The Morgan fingerprint density at radius 2 is 1.84 bits per heavy atom. The van der Waals surface area contributed by atoms with E-state index in [-0.39, 0.29) is 17.6 Å². The van der Waals surface area contributed by atoms with E-state index in [1.54, 1.807) is 0 Å². The second kappa shape index (κ2) is 7.72. The van der Waals surface area contributed by atoms with Crippen LogP contribution in [0.2, 0.25) is 0 Å². The molecule has 1 aromatic rings. The molecule has 0 heterocycles. The van der Waals surface area contributed by atoms with Crippen molar-refractivity contribution in [2.45, 2.75) is 33.6 Å². The number of hydrogen-bond donors (Lipinski definition) is 1. The highest BCUT2D eigenvalue weighted by molar-refractivity contribution is 6.00. The van der Waals surface area contributed by atoms with Gasteiger partial charge in [-0.1, -0.05) is 50.6 Å². The van der Waals surface area contributed by atoms with Crippen LogP contribution in [0.15, 0.2) is 30.3 Å². The minimum absolute atomic E-state index is 0.0495. The van der Waals surface area contributed by atoms with Crippen molar-refractivity contribution in [2.75, 3.05) is 6.54 Å². The van der Waals surface area contributed by atoms with Gasteiger partial charge in [0, 0.05) is 6.54 Å². The lowest BCUT2D eigenvalue weighted by atomic mass is 9.88. The highest BCUT2D eigenvalue weighted by Gasteiger charge is 2.27. The molecule has 0 saturated heterocycles. The third-order valence-electron chi connectivity index (χ3n) is 3.49. The van der Waals surface area contributed by atoms with Gasteiger partial charge in [-0.25, -0.2) is 0 Å². The molecule has 0 aliphatic rings. The predicted octanol–water partition coefficient (Wildman–Crippen LogP) is 2.60. The van der Waals surface area contributed by atoms with Crippen molar-refractivity contribution in [3.63, 3.8) is 0 Å². The van der Waals surface area contributed by atoms with Crippen molar-refractivity contribution < 1.29 is 9.59 Å². The fraction of sp³-hybridized carbons (Fsp3) is 0.500. The summed E-state index contributed by atoms with van der Waals surface area (Å²) >= 11 is 0. The van der Waals surface area contributed by atoms with Gasteiger partial charge in [-0.2, -0.15) is 0 Å².